The van der Waals surface area contributed by atoms with Crippen molar-refractivity contribution in [2.45, 2.75) is 19.8 Å². The molecular weight excluding hydrogens is 248 g/mol. The van der Waals surface area contributed by atoms with Crippen molar-refractivity contribution in [2.75, 3.05) is 0 Å². The van der Waals surface area contributed by atoms with E-state index >= 15 is 0 Å². The Kier molecular flexibility index (Phi) is 4.36. The highest BCUT2D eigenvalue weighted by Gasteiger charge is 2.15. The number of aryl methyl sites for hydroxylation is 1. The van der Waals surface area contributed by atoms with Gasteiger partial charge in [0.1, 0.15) is 0 Å². The molecule has 1 atom stereocenters. The van der Waals surface area contributed by atoms with Gasteiger partial charge in [-0.3, -0.25) is 4.79 Å². The number of aliphatic carboxylic acids is 1. The number of hydrogen-bond acceptors (Lipinski definition) is 1. The van der Waals surface area contributed by atoms with Crippen molar-refractivity contribution in [1.29, 1.82) is 0 Å². The van der Waals surface area contributed by atoms with Crippen molar-refractivity contribution < 1.29 is 9.90 Å². The normalized spacial score (nSPS) is 12.5. The second-order valence-electron chi connectivity index (χ2n) is 4.88. The third-order valence-electron chi connectivity index (χ3n) is 3.46. The Balaban J connectivity index is 2.35. The second-order valence-corrected chi connectivity index (χ2v) is 4.88. The van der Waals surface area contributed by atoms with Gasteiger partial charge in [-0.2, -0.15) is 0 Å². The molecule has 2 rings (SSSR count). The van der Waals surface area contributed by atoms with Gasteiger partial charge in [0.25, 0.3) is 0 Å². The summed E-state index contributed by atoms with van der Waals surface area (Å²) in [6.45, 7) is 3.77. The summed E-state index contributed by atoms with van der Waals surface area (Å²) in [6, 6.07) is 15.7. The molecule has 0 aliphatic rings. The lowest BCUT2D eigenvalue weighted by molar-refractivity contribution is -0.138. The fourth-order valence-corrected chi connectivity index (χ4v) is 2.14. The average molecular weight is 266 g/mol. The molecule has 2 nitrogen and oxygen atoms in total. The Morgan fingerprint density at radius 2 is 1.55 bits per heavy atom. The van der Waals surface area contributed by atoms with Crippen LogP contribution in [0.3, 0.4) is 0 Å². The summed E-state index contributed by atoms with van der Waals surface area (Å²) in [6.07, 6.45) is 4.01. The average Bonchev–Trinajstić information content (AvgIpc) is 2.46. The van der Waals surface area contributed by atoms with Gasteiger partial charge in [0.15, 0.2) is 0 Å². The van der Waals surface area contributed by atoms with Crippen molar-refractivity contribution >= 4 is 18.1 Å². The van der Waals surface area contributed by atoms with Crippen LogP contribution in [-0.2, 0) is 4.79 Å². The molecule has 1 N–H and O–H groups in total. The van der Waals surface area contributed by atoms with E-state index in [-0.39, 0.29) is 0 Å². The summed E-state index contributed by atoms with van der Waals surface area (Å²) < 4.78 is 0. The van der Waals surface area contributed by atoms with Crippen LogP contribution in [0.1, 0.15) is 35.1 Å². The highest BCUT2D eigenvalue weighted by molar-refractivity contribution is 5.80. The molecule has 0 fully saturated rings. The quantitative estimate of drug-likeness (QED) is 0.835. The SMILES string of the molecule is Cc1ccccc1C=Cc1ccccc1C(C)C(=O)O. The van der Waals surface area contributed by atoms with Gasteiger partial charge in [-0.1, -0.05) is 60.7 Å². The van der Waals surface area contributed by atoms with Crippen LogP contribution in [0, 0.1) is 6.92 Å². The second kappa shape index (κ2) is 6.20. The van der Waals surface area contributed by atoms with E-state index in [1.54, 1.807) is 6.92 Å². The zero-order valence-corrected chi connectivity index (χ0v) is 11.7. The highest BCUT2D eigenvalue weighted by atomic mass is 16.4. The van der Waals surface area contributed by atoms with Crippen LogP contribution in [0.5, 0.6) is 0 Å². The number of benzene rings is 2. The van der Waals surface area contributed by atoms with E-state index in [1.165, 1.54) is 5.56 Å². The maximum Gasteiger partial charge on any atom is 0.310 e. The fraction of sp³-hybridized carbons (Fsp3) is 0.167. The lowest BCUT2D eigenvalue weighted by atomic mass is 9.95. The molecule has 0 bridgehead atoms. The first-order valence-electron chi connectivity index (χ1n) is 6.65. The molecule has 0 saturated carbocycles. The molecule has 20 heavy (non-hydrogen) atoms. The number of hydrogen-bond donors (Lipinski definition) is 1. The van der Waals surface area contributed by atoms with Gasteiger partial charge >= 0.3 is 5.97 Å². The Labute approximate surface area is 119 Å². The zero-order valence-electron chi connectivity index (χ0n) is 11.7. The number of carbonyl (C=O) groups is 1. The van der Waals surface area contributed by atoms with E-state index in [9.17, 15) is 4.79 Å². The van der Waals surface area contributed by atoms with E-state index in [4.69, 9.17) is 5.11 Å². The fourth-order valence-electron chi connectivity index (χ4n) is 2.14. The molecule has 0 spiro atoms. The Bertz CT molecular complexity index is 641. The Hall–Kier alpha value is -2.35. The smallest absolute Gasteiger partial charge is 0.310 e. The van der Waals surface area contributed by atoms with E-state index in [0.29, 0.717) is 0 Å². The lowest BCUT2D eigenvalue weighted by Gasteiger charge is -2.10. The molecule has 0 saturated heterocycles. The maximum absolute atomic E-state index is 11.2. The highest BCUT2D eigenvalue weighted by Crippen LogP contribution is 2.22. The van der Waals surface area contributed by atoms with Crippen molar-refractivity contribution in [3.8, 4) is 0 Å². The van der Waals surface area contributed by atoms with Gasteiger partial charge < -0.3 is 5.11 Å². The van der Waals surface area contributed by atoms with Gasteiger partial charge in [-0.05, 0) is 36.1 Å². The van der Waals surface area contributed by atoms with Crippen molar-refractivity contribution in [1.82, 2.24) is 0 Å². The number of carboxylic acid groups (broad SMARTS) is 1. The van der Waals surface area contributed by atoms with Gasteiger partial charge in [0.2, 0.25) is 0 Å². The summed E-state index contributed by atoms with van der Waals surface area (Å²) in [5.74, 6) is -1.31. The van der Waals surface area contributed by atoms with Crippen LogP contribution in [0.25, 0.3) is 12.2 Å². The minimum atomic E-state index is -0.804. The first-order chi connectivity index (χ1) is 9.59. The standard InChI is InChI=1S/C18H18O2/c1-13-7-3-4-8-15(13)11-12-16-9-5-6-10-17(16)14(2)18(19)20/h3-12,14H,1-2H3,(H,19,20). The minimum Gasteiger partial charge on any atom is -0.481 e. The van der Waals surface area contributed by atoms with Crippen LogP contribution >= 0.6 is 0 Å². The van der Waals surface area contributed by atoms with Crippen molar-refractivity contribution in [3.05, 3.63) is 70.8 Å². The van der Waals surface area contributed by atoms with E-state index in [0.717, 1.165) is 16.7 Å². The van der Waals surface area contributed by atoms with E-state index in [1.807, 2.05) is 48.6 Å². The molecule has 2 heteroatoms. The Morgan fingerprint density at radius 3 is 2.20 bits per heavy atom. The zero-order chi connectivity index (χ0) is 14.5. The summed E-state index contributed by atoms with van der Waals surface area (Å²) in [7, 11) is 0. The first kappa shape index (κ1) is 14.1. The monoisotopic (exact) mass is 266 g/mol. The van der Waals surface area contributed by atoms with Crippen LogP contribution < -0.4 is 0 Å². The predicted molar refractivity (Wildman–Crippen MR) is 82.6 cm³/mol. The largest absolute Gasteiger partial charge is 0.481 e. The molecule has 0 heterocycles. The van der Waals surface area contributed by atoms with Gasteiger partial charge in [0.05, 0.1) is 5.92 Å². The van der Waals surface area contributed by atoms with Gasteiger partial charge in [-0.25, -0.2) is 0 Å². The van der Waals surface area contributed by atoms with Gasteiger partial charge in [-0.15, -0.1) is 0 Å². The summed E-state index contributed by atoms with van der Waals surface area (Å²) >= 11 is 0. The summed E-state index contributed by atoms with van der Waals surface area (Å²) in [5.41, 5.74) is 4.13. The topological polar surface area (TPSA) is 37.3 Å². The molecule has 0 aromatic heterocycles. The lowest BCUT2D eigenvalue weighted by Crippen LogP contribution is -2.08. The minimum absolute atomic E-state index is 0.507. The molecule has 2 aromatic rings. The molecule has 0 aliphatic carbocycles. The van der Waals surface area contributed by atoms with E-state index < -0.39 is 11.9 Å². The Morgan fingerprint density at radius 1 is 1.00 bits per heavy atom. The van der Waals surface area contributed by atoms with Crippen LogP contribution in [-0.4, -0.2) is 11.1 Å². The number of carboxylic acids is 1. The van der Waals surface area contributed by atoms with Crippen LogP contribution in [0.15, 0.2) is 48.5 Å². The van der Waals surface area contributed by atoms with Crippen molar-refractivity contribution in [2.24, 2.45) is 0 Å². The van der Waals surface area contributed by atoms with E-state index in [2.05, 4.69) is 19.1 Å². The molecule has 2 aromatic carbocycles. The van der Waals surface area contributed by atoms with Gasteiger partial charge in [0, 0.05) is 0 Å². The number of rotatable bonds is 4. The third-order valence-corrected chi connectivity index (χ3v) is 3.46. The van der Waals surface area contributed by atoms with Crippen LogP contribution in [0.4, 0.5) is 0 Å². The van der Waals surface area contributed by atoms with Crippen molar-refractivity contribution in [3.63, 3.8) is 0 Å². The molecule has 1 unspecified atom stereocenters. The molecule has 0 aliphatic heterocycles. The third kappa shape index (κ3) is 3.15. The van der Waals surface area contributed by atoms with Crippen LogP contribution in [0.2, 0.25) is 0 Å². The summed E-state index contributed by atoms with van der Waals surface area (Å²) in [4.78, 5) is 11.2. The molecule has 0 radical (unpaired) electrons. The summed E-state index contributed by atoms with van der Waals surface area (Å²) in [5, 5.41) is 9.17. The molecular formula is C18H18O2. The predicted octanol–water partition coefficient (Wildman–Crippen LogP) is 4.35. The first-order valence-corrected chi connectivity index (χ1v) is 6.65. The molecule has 0 amide bonds. The molecule has 102 valence electrons. The maximum atomic E-state index is 11.2.